The van der Waals surface area contributed by atoms with E-state index in [0.29, 0.717) is 22.6 Å². The van der Waals surface area contributed by atoms with Gasteiger partial charge in [0.25, 0.3) is 0 Å². The first-order valence-corrected chi connectivity index (χ1v) is 6.17. The summed E-state index contributed by atoms with van der Waals surface area (Å²) in [7, 11) is 0. The molecule has 1 aromatic carbocycles. The van der Waals surface area contributed by atoms with Gasteiger partial charge in [0, 0.05) is 22.8 Å². The normalized spacial score (nSPS) is 10.1. The molecular formula is C12H13ClO3S. The van der Waals surface area contributed by atoms with Crippen molar-refractivity contribution in [1.82, 2.24) is 0 Å². The van der Waals surface area contributed by atoms with Gasteiger partial charge in [-0.15, -0.1) is 24.2 Å². The second kappa shape index (κ2) is 6.67. The van der Waals surface area contributed by atoms with Gasteiger partial charge in [0.15, 0.2) is 5.78 Å². The van der Waals surface area contributed by atoms with Gasteiger partial charge in [-0.3, -0.25) is 4.79 Å². The number of Topliss-reactive ketones (excluding diaryl/α,β-unsaturated/α-hetero) is 1. The zero-order valence-electron chi connectivity index (χ0n) is 9.40. The summed E-state index contributed by atoms with van der Waals surface area (Å²) >= 11 is 9.66. The molecule has 92 valence electrons. The molecule has 0 saturated carbocycles. The summed E-state index contributed by atoms with van der Waals surface area (Å²) in [5.41, 5.74) is 0.762. The van der Waals surface area contributed by atoms with Crippen molar-refractivity contribution in [2.24, 2.45) is 0 Å². The highest BCUT2D eigenvalue weighted by Gasteiger charge is 2.12. The summed E-state index contributed by atoms with van der Waals surface area (Å²) in [6.45, 7) is 2.02. The molecule has 1 aromatic rings. The third kappa shape index (κ3) is 4.06. The molecular weight excluding hydrogens is 260 g/mol. The molecule has 0 aliphatic carbocycles. The van der Waals surface area contributed by atoms with E-state index in [0.717, 1.165) is 0 Å². The first-order chi connectivity index (χ1) is 8.08. The second-order valence-corrected chi connectivity index (χ2v) is 4.25. The Morgan fingerprint density at radius 1 is 1.29 bits per heavy atom. The Balaban J connectivity index is 3.01. The van der Waals surface area contributed by atoms with Crippen molar-refractivity contribution in [2.45, 2.75) is 18.2 Å². The summed E-state index contributed by atoms with van der Waals surface area (Å²) in [4.78, 5) is 23.7. The van der Waals surface area contributed by atoms with E-state index in [2.05, 4.69) is 12.6 Å². The van der Waals surface area contributed by atoms with Crippen LogP contribution in [0.2, 0.25) is 0 Å². The quantitative estimate of drug-likeness (QED) is 0.388. The second-order valence-electron chi connectivity index (χ2n) is 3.35. The topological polar surface area (TPSA) is 43.4 Å². The predicted molar refractivity (Wildman–Crippen MR) is 69.3 cm³/mol. The number of hydrogen-bond acceptors (Lipinski definition) is 4. The molecule has 0 saturated heterocycles. The third-order valence-corrected chi connectivity index (χ3v) is 2.52. The van der Waals surface area contributed by atoms with Crippen LogP contribution in [0.25, 0.3) is 0 Å². The number of alkyl halides is 1. The fraction of sp³-hybridized carbons (Fsp3) is 0.333. The number of carbonyl (C=O) groups excluding carboxylic acids is 2. The molecule has 3 nitrogen and oxygen atoms in total. The van der Waals surface area contributed by atoms with Crippen molar-refractivity contribution in [3.8, 4) is 0 Å². The van der Waals surface area contributed by atoms with E-state index < -0.39 is 5.97 Å². The van der Waals surface area contributed by atoms with Gasteiger partial charge in [0.2, 0.25) is 0 Å². The summed E-state index contributed by atoms with van der Waals surface area (Å²) in [5.74, 6) is -0.311. The van der Waals surface area contributed by atoms with Crippen molar-refractivity contribution in [1.29, 1.82) is 0 Å². The van der Waals surface area contributed by atoms with E-state index in [9.17, 15) is 9.59 Å². The summed E-state index contributed by atoms with van der Waals surface area (Å²) < 4.78 is 4.87. The highest BCUT2D eigenvalue weighted by atomic mass is 35.5. The summed E-state index contributed by atoms with van der Waals surface area (Å²) in [6, 6.07) is 4.69. The average Bonchev–Trinajstić information content (AvgIpc) is 2.29. The maximum absolute atomic E-state index is 11.7. The molecule has 0 N–H and O–H groups in total. The number of halogens is 1. The zero-order valence-corrected chi connectivity index (χ0v) is 11.1. The van der Waals surface area contributed by atoms with Crippen LogP contribution >= 0.6 is 24.2 Å². The molecule has 0 aromatic heterocycles. The summed E-state index contributed by atoms with van der Waals surface area (Å²) in [5, 5.41) is 0. The Hall–Kier alpha value is -1.00. The van der Waals surface area contributed by atoms with E-state index in [1.165, 1.54) is 6.07 Å². The van der Waals surface area contributed by atoms with Crippen LogP contribution in [-0.2, 0) is 4.74 Å². The van der Waals surface area contributed by atoms with E-state index in [1.807, 2.05) is 0 Å². The fourth-order valence-corrected chi connectivity index (χ4v) is 1.78. The lowest BCUT2D eigenvalue weighted by atomic mass is 10.1. The van der Waals surface area contributed by atoms with Crippen LogP contribution in [-0.4, -0.2) is 24.2 Å². The number of ketones is 1. The molecule has 0 aliphatic rings. The zero-order chi connectivity index (χ0) is 12.8. The van der Waals surface area contributed by atoms with Crippen LogP contribution in [0.3, 0.4) is 0 Å². The monoisotopic (exact) mass is 272 g/mol. The first-order valence-electron chi connectivity index (χ1n) is 5.18. The van der Waals surface area contributed by atoms with Crippen molar-refractivity contribution < 1.29 is 14.3 Å². The third-order valence-electron chi connectivity index (χ3n) is 2.07. The number of benzene rings is 1. The standard InChI is InChI=1S/C12H13ClO3S/c1-2-16-12(15)9-5-8(6-10(17)7-9)11(14)3-4-13/h5-7,17H,2-4H2,1H3. The van der Waals surface area contributed by atoms with Crippen molar-refractivity contribution >= 4 is 36.0 Å². The molecule has 0 heterocycles. The molecule has 0 radical (unpaired) electrons. The Bertz CT molecular complexity index is 396. The van der Waals surface area contributed by atoms with Crippen molar-refractivity contribution in [3.05, 3.63) is 29.3 Å². The highest BCUT2D eigenvalue weighted by Crippen LogP contribution is 2.16. The maximum Gasteiger partial charge on any atom is 0.338 e. The molecule has 0 amide bonds. The smallest absolute Gasteiger partial charge is 0.338 e. The van der Waals surface area contributed by atoms with Crippen LogP contribution in [0.4, 0.5) is 0 Å². The van der Waals surface area contributed by atoms with Crippen LogP contribution in [0.15, 0.2) is 23.1 Å². The number of rotatable bonds is 5. The molecule has 0 fully saturated rings. The minimum Gasteiger partial charge on any atom is -0.462 e. The van der Waals surface area contributed by atoms with Crippen molar-refractivity contribution in [3.63, 3.8) is 0 Å². The van der Waals surface area contributed by atoms with Gasteiger partial charge in [-0.25, -0.2) is 4.79 Å². The first kappa shape index (κ1) is 14.1. The Labute approximate surface area is 111 Å². The lowest BCUT2D eigenvalue weighted by Gasteiger charge is -2.05. The SMILES string of the molecule is CCOC(=O)c1cc(S)cc(C(=O)CCCl)c1. The Kier molecular flexibility index (Phi) is 5.51. The largest absolute Gasteiger partial charge is 0.462 e. The van der Waals surface area contributed by atoms with Gasteiger partial charge < -0.3 is 4.74 Å². The van der Waals surface area contributed by atoms with Crippen LogP contribution < -0.4 is 0 Å². The van der Waals surface area contributed by atoms with Crippen LogP contribution in [0, 0.1) is 0 Å². The fourth-order valence-electron chi connectivity index (χ4n) is 1.33. The number of esters is 1. The van der Waals surface area contributed by atoms with E-state index >= 15 is 0 Å². The molecule has 1 rings (SSSR count). The van der Waals surface area contributed by atoms with Crippen molar-refractivity contribution in [2.75, 3.05) is 12.5 Å². The van der Waals surface area contributed by atoms with Crippen LogP contribution in [0.1, 0.15) is 34.1 Å². The van der Waals surface area contributed by atoms with E-state index in [-0.39, 0.29) is 18.1 Å². The molecule has 0 aliphatic heterocycles. The minimum atomic E-state index is -0.455. The van der Waals surface area contributed by atoms with Gasteiger partial charge in [0.1, 0.15) is 0 Å². The average molecular weight is 273 g/mol. The minimum absolute atomic E-state index is 0.110. The van der Waals surface area contributed by atoms with Gasteiger partial charge in [-0.05, 0) is 25.1 Å². The number of ether oxygens (including phenoxy) is 1. The van der Waals surface area contributed by atoms with Crippen LogP contribution in [0.5, 0.6) is 0 Å². The number of hydrogen-bond donors (Lipinski definition) is 1. The molecule has 0 unspecified atom stereocenters. The molecule has 17 heavy (non-hydrogen) atoms. The highest BCUT2D eigenvalue weighted by molar-refractivity contribution is 7.80. The number of carbonyl (C=O) groups is 2. The Morgan fingerprint density at radius 3 is 2.53 bits per heavy atom. The van der Waals surface area contributed by atoms with Gasteiger partial charge in [-0.1, -0.05) is 0 Å². The molecule has 0 atom stereocenters. The summed E-state index contributed by atoms with van der Waals surface area (Å²) in [6.07, 6.45) is 0.237. The van der Waals surface area contributed by atoms with Gasteiger partial charge in [-0.2, -0.15) is 0 Å². The maximum atomic E-state index is 11.7. The van der Waals surface area contributed by atoms with E-state index in [4.69, 9.17) is 16.3 Å². The molecule has 0 spiro atoms. The molecule has 5 heteroatoms. The van der Waals surface area contributed by atoms with Gasteiger partial charge in [0.05, 0.1) is 12.2 Å². The van der Waals surface area contributed by atoms with Gasteiger partial charge >= 0.3 is 5.97 Å². The van der Waals surface area contributed by atoms with E-state index in [1.54, 1.807) is 19.1 Å². The lowest BCUT2D eigenvalue weighted by molar-refractivity contribution is 0.0526. The Morgan fingerprint density at radius 2 is 1.94 bits per heavy atom. The molecule has 0 bridgehead atoms. The lowest BCUT2D eigenvalue weighted by Crippen LogP contribution is -2.07. The predicted octanol–water partition coefficient (Wildman–Crippen LogP) is 2.96. The number of thiol groups is 1.